The molecule has 0 aliphatic heterocycles. The highest BCUT2D eigenvalue weighted by Crippen LogP contribution is 2.51. The monoisotopic (exact) mass is 890 g/mol. The second kappa shape index (κ2) is 16.5. The standard InChI is InChI=1S/C64H50N4O/c1-39-57(42-21-10-6-11-22-42)40(2)59(41(3)58(39)43-23-12-7-13-24-43)46-29-20-30-48(35-46)62-65-61(45-27-16-9-17-28-45)66-63(67-62)68-55-36-47(60(69)44-25-14-8-15-26-44)33-34-50(55)52-37-51-49-31-18-19-32-53(49)64(4,5)54(51)38-56(52)68/h6-8,10-16,18-38H,9,17H2,1-5H3. The fourth-order valence-electron chi connectivity index (χ4n) is 11.4. The zero-order chi connectivity index (χ0) is 47.0. The van der Waals surface area contributed by atoms with Crippen molar-refractivity contribution in [1.29, 1.82) is 0 Å². The number of rotatable bonds is 8. The van der Waals surface area contributed by atoms with Gasteiger partial charge in [0, 0.05) is 38.5 Å². The van der Waals surface area contributed by atoms with Gasteiger partial charge in [0.1, 0.15) is 0 Å². The van der Waals surface area contributed by atoms with E-state index in [-0.39, 0.29) is 11.2 Å². The first-order valence-corrected chi connectivity index (χ1v) is 24.0. The molecular formula is C64H50N4O. The van der Waals surface area contributed by atoms with Gasteiger partial charge < -0.3 is 0 Å². The van der Waals surface area contributed by atoms with Crippen molar-refractivity contribution in [2.24, 2.45) is 0 Å². The van der Waals surface area contributed by atoms with Crippen molar-refractivity contribution in [3.05, 3.63) is 233 Å². The summed E-state index contributed by atoms with van der Waals surface area (Å²) in [5.41, 5.74) is 20.6. The van der Waals surface area contributed by atoms with Crippen LogP contribution in [0.5, 0.6) is 0 Å². The number of carbonyl (C=O) groups excluding carboxylic acids is 1. The third-order valence-electron chi connectivity index (χ3n) is 14.6. The average Bonchev–Trinajstić information content (AvgIpc) is 3.83. The Morgan fingerprint density at radius 2 is 1.09 bits per heavy atom. The van der Waals surface area contributed by atoms with E-state index >= 15 is 0 Å². The van der Waals surface area contributed by atoms with E-state index in [0.717, 1.165) is 51.3 Å². The molecule has 10 aromatic rings. The molecule has 69 heavy (non-hydrogen) atoms. The zero-order valence-electron chi connectivity index (χ0n) is 39.5. The molecule has 12 rings (SSSR count). The lowest BCUT2D eigenvalue weighted by molar-refractivity contribution is 0.103. The summed E-state index contributed by atoms with van der Waals surface area (Å²) in [4.78, 5) is 30.3. The Morgan fingerprint density at radius 3 is 1.77 bits per heavy atom. The van der Waals surface area contributed by atoms with Gasteiger partial charge >= 0.3 is 0 Å². The average molecular weight is 891 g/mol. The molecule has 0 saturated heterocycles. The van der Waals surface area contributed by atoms with E-state index in [1.165, 1.54) is 66.8 Å². The molecule has 332 valence electrons. The Labute approximate surface area is 403 Å². The second-order valence-corrected chi connectivity index (χ2v) is 19.1. The minimum Gasteiger partial charge on any atom is -0.289 e. The zero-order valence-corrected chi connectivity index (χ0v) is 39.5. The molecule has 0 spiro atoms. The van der Waals surface area contributed by atoms with Crippen LogP contribution in [0.4, 0.5) is 0 Å². The van der Waals surface area contributed by atoms with Gasteiger partial charge in [-0.3, -0.25) is 9.36 Å². The van der Waals surface area contributed by atoms with Crippen LogP contribution in [0.25, 0.3) is 89.2 Å². The maximum atomic E-state index is 14.2. The molecule has 0 saturated carbocycles. The molecule has 0 N–H and O–H groups in total. The first-order chi connectivity index (χ1) is 33.7. The molecule has 0 unspecified atom stereocenters. The number of fused-ring (bicyclic) bond motifs is 6. The minimum atomic E-state index is -0.240. The Balaban J connectivity index is 1.11. The molecule has 5 nitrogen and oxygen atoms in total. The van der Waals surface area contributed by atoms with Gasteiger partial charge in [0.2, 0.25) is 5.95 Å². The van der Waals surface area contributed by atoms with E-state index in [0.29, 0.717) is 28.7 Å². The molecule has 2 heterocycles. The molecule has 8 aromatic carbocycles. The lowest BCUT2D eigenvalue weighted by atomic mass is 9.80. The van der Waals surface area contributed by atoms with Gasteiger partial charge in [0.15, 0.2) is 17.4 Å². The second-order valence-electron chi connectivity index (χ2n) is 19.1. The summed E-state index contributed by atoms with van der Waals surface area (Å²) in [6, 6.07) is 59.2. The van der Waals surface area contributed by atoms with Crippen molar-refractivity contribution in [3.8, 4) is 61.8 Å². The summed E-state index contributed by atoms with van der Waals surface area (Å²) in [7, 11) is 0. The highest BCUT2D eigenvalue weighted by atomic mass is 16.1. The number of hydrogen-bond donors (Lipinski definition) is 0. The predicted molar refractivity (Wildman–Crippen MR) is 284 cm³/mol. The topological polar surface area (TPSA) is 60.7 Å². The molecule has 2 aliphatic carbocycles. The van der Waals surface area contributed by atoms with Crippen molar-refractivity contribution in [2.75, 3.05) is 0 Å². The maximum Gasteiger partial charge on any atom is 0.238 e. The van der Waals surface area contributed by atoms with E-state index < -0.39 is 0 Å². The van der Waals surface area contributed by atoms with E-state index in [4.69, 9.17) is 15.0 Å². The van der Waals surface area contributed by atoms with Crippen LogP contribution in [-0.4, -0.2) is 25.3 Å². The quantitative estimate of drug-likeness (QED) is 0.143. The first kappa shape index (κ1) is 42.1. The number of hydrogen-bond acceptors (Lipinski definition) is 4. The lowest BCUT2D eigenvalue weighted by Crippen LogP contribution is -2.15. The smallest absolute Gasteiger partial charge is 0.238 e. The number of ketones is 1. The van der Waals surface area contributed by atoms with Gasteiger partial charge in [0.05, 0.1) is 11.0 Å². The summed E-state index contributed by atoms with van der Waals surface area (Å²) < 4.78 is 2.17. The molecule has 2 aromatic heterocycles. The largest absolute Gasteiger partial charge is 0.289 e. The normalized spacial score (nSPS) is 13.7. The molecule has 0 bridgehead atoms. The fourth-order valence-corrected chi connectivity index (χ4v) is 11.4. The Bertz CT molecular complexity index is 3720. The lowest BCUT2D eigenvalue weighted by Gasteiger charge is -2.23. The van der Waals surface area contributed by atoms with Gasteiger partial charge in [-0.2, -0.15) is 9.97 Å². The number of carbonyl (C=O) groups is 1. The number of benzene rings is 8. The van der Waals surface area contributed by atoms with Crippen LogP contribution < -0.4 is 0 Å². The summed E-state index contributed by atoms with van der Waals surface area (Å²) in [5.74, 6) is 1.65. The Morgan fingerprint density at radius 1 is 0.493 bits per heavy atom. The number of aromatic nitrogens is 4. The van der Waals surface area contributed by atoms with Crippen LogP contribution in [-0.2, 0) is 5.41 Å². The van der Waals surface area contributed by atoms with Crippen LogP contribution in [0.3, 0.4) is 0 Å². The maximum absolute atomic E-state index is 14.2. The van der Waals surface area contributed by atoms with Crippen molar-refractivity contribution in [1.82, 2.24) is 19.5 Å². The van der Waals surface area contributed by atoms with Gasteiger partial charge in [-0.25, -0.2) is 4.98 Å². The van der Waals surface area contributed by atoms with E-state index in [1.54, 1.807) is 0 Å². The SMILES string of the molecule is Cc1c(-c2ccccc2)c(C)c(-c2cccc(-c3nc(C4=CCCC=C4)nc(-n4c5cc(C(=O)c6ccccc6)ccc5c5cc6c(cc54)C(C)(C)c4ccccc4-6)n3)c2)c(C)c1-c1ccccc1. The molecule has 0 amide bonds. The molecule has 0 atom stereocenters. The van der Waals surface area contributed by atoms with Crippen LogP contribution in [0.1, 0.15) is 76.3 Å². The van der Waals surface area contributed by atoms with Gasteiger partial charge in [-0.05, 0) is 130 Å². The molecule has 0 fully saturated rings. The van der Waals surface area contributed by atoms with E-state index in [1.807, 2.05) is 42.5 Å². The highest BCUT2D eigenvalue weighted by molar-refractivity contribution is 6.15. The van der Waals surface area contributed by atoms with Crippen molar-refractivity contribution >= 4 is 33.2 Å². The Hall–Kier alpha value is -8.28. The molecule has 0 radical (unpaired) electrons. The summed E-state index contributed by atoms with van der Waals surface area (Å²) in [6.07, 6.45) is 8.42. The third-order valence-corrected chi connectivity index (χ3v) is 14.6. The third kappa shape index (κ3) is 6.91. The van der Waals surface area contributed by atoms with Gasteiger partial charge in [0.25, 0.3) is 0 Å². The van der Waals surface area contributed by atoms with Gasteiger partial charge in [-0.1, -0.05) is 178 Å². The predicted octanol–water partition coefficient (Wildman–Crippen LogP) is 15.8. The minimum absolute atomic E-state index is 0.0364. The van der Waals surface area contributed by atoms with Gasteiger partial charge in [-0.15, -0.1) is 0 Å². The molecular weight excluding hydrogens is 841 g/mol. The Kier molecular flexibility index (Phi) is 10.1. The number of allylic oxidation sites excluding steroid dienone is 4. The summed E-state index contributed by atoms with van der Waals surface area (Å²) in [6.45, 7) is 11.4. The number of nitrogens with zero attached hydrogens (tertiary/aromatic N) is 4. The fraction of sp³-hybridized carbons (Fsp3) is 0.125. The van der Waals surface area contributed by atoms with Crippen LogP contribution >= 0.6 is 0 Å². The van der Waals surface area contributed by atoms with E-state index in [9.17, 15) is 4.79 Å². The summed E-state index contributed by atoms with van der Waals surface area (Å²) in [5, 5.41) is 2.10. The van der Waals surface area contributed by atoms with Crippen molar-refractivity contribution in [2.45, 2.75) is 52.9 Å². The highest BCUT2D eigenvalue weighted by Gasteiger charge is 2.36. The van der Waals surface area contributed by atoms with E-state index in [2.05, 4.69) is 185 Å². The van der Waals surface area contributed by atoms with Crippen LogP contribution in [0.2, 0.25) is 0 Å². The van der Waals surface area contributed by atoms with Crippen molar-refractivity contribution < 1.29 is 4.79 Å². The van der Waals surface area contributed by atoms with Crippen LogP contribution in [0, 0.1) is 20.8 Å². The summed E-state index contributed by atoms with van der Waals surface area (Å²) >= 11 is 0. The molecule has 5 heteroatoms. The van der Waals surface area contributed by atoms with Crippen LogP contribution in [0.15, 0.2) is 188 Å². The first-order valence-electron chi connectivity index (χ1n) is 24.0. The van der Waals surface area contributed by atoms with Crippen molar-refractivity contribution in [3.63, 3.8) is 0 Å². The molecule has 2 aliphatic rings.